The molecular formula is C10H18N4O2S. The van der Waals surface area contributed by atoms with Crippen LogP contribution >= 0.6 is 11.3 Å². The molecule has 96 valence electrons. The molecule has 1 rings (SSSR count). The Morgan fingerprint density at radius 3 is 2.88 bits per heavy atom. The van der Waals surface area contributed by atoms with Crippen molar-refractivity contribution in [2.24, 2.45) is 0 Å². The number of amides is 1. The monoisotopic (exact) mass is 258 g/mol. The van der Waals surface area contributed by atoms with Gasteiger partial charge in [-0.05, 0) is 12.8 Å². The third kappa shape index (κ3) is 5.10. The van der Waals surface area contributed by atoms with Gasteiger partial charge in [-0.15, -0.1) is 10.2 Å². The second-order valence-corrected chi connectivity index (χ2v) is 4.36. The minimum atomic E-state index is -0.181. The second kappa shape index (κ2) is 7.97. The van der Waals surface area contributed by atoms with Gasteiger partial charge in [0.15, 0.2) is 0 Å². The van der Waals surface area contributed by atoms with Crippen LogP contribution in [0.1, 0.15) is 29.6 Å². The van der Waals surface area contributed by atoms with E-state index < -0.39 is 0 Å². The highest BCUT2D eigenvalue weighted by Gasteiger charge is 2.10. The highest BCUT2D eigenvalue weighted by molar-refractivity contribution is 7.17. The summed E-state index contributed by atoms with van der Waals surface area (Å²) in [6.07, 6.45) is 1.83. The molecule has 6 nitrogen and oxygen atoms in total. The number of rotatable bonds is 8. The lowest BCUT2D eigenvalue weighted by Gasteiger charge is -2.03. The average Bonchev–Trinajstić information content (AvgIpc) is 2.82. The van der Waals surface area contributed by atoms with E-state index in [1.165, 1.54) is 11.3 Å². The van der Waals surface area contributed by atoms with Crippen molar-refractivity contribution in [3.63, 3.8) is 0 Å². The highest BCUT2D eigenvalue weighted by atomic mass is 32.1. The fraction of sp³-hybridized carbons (Fsp3) is 0.700. The molecule has 1 heterocycles. The van der Waals surface area contributed by atoms with Crippen LogP contribution in [-0.4, -0.2) is 42.9 Å². The minimum absolute atomic E-state index is 0.181. The molecule has 0 saturated carbocycles. The van der Waals surface area contributed by atoms with E-state index in [9.17, 15) is 4.79 Å². The summed E-state index contributed by atoms with van der Waals surface area (Å²) in [6.45, 7) is 4.11. The number of ether oxygens (including phenoxy) is 1. The molecule has 0 spiro atoms. The quantitative estimate of drug-likeness (QED) is 0.683. The third-order valence-corrected chi connectivity index (χ3v) is 2.87. The molecule has 0 unspecified atom stereocenters. The molecule has 0 aromatic carbocycles. The second-order valence-electron chi connectivity index (χ2n) is 3.38. The van der Waals surface area contributed by atoms with E-state index in [2.05, 4.69) is 27.8 Å². The third-order valence-electron chi connectivity index (χ3n) is 1.93. The van der Waals surface area contributed by atoms with E-state index >= 15 is 0 Å². The van der Waals surface area contributed by atoms with Crippen molar-refractivity contribution in [2.45, 2.75) is 19.8 Å². The number of aromatic nitrogens is 2. The number of hydrogen-bond donors (Lipinski definition) is 2. The van der Waals surface area contributed by atoms with E-state index in [-0.39, 0.29) is 5.91 Å². The molecule has 17 heavy (non-hydrogen) atoms. The zero-order chi connectivity index (χ0) is 12.5. The van der Waals surface area contributed by atoms with Gasteiger partial charge in [0.2, 0.25) is 10.1 Å². The predicted octanol–water partition coefficient (Wildman–Crippen LogP) is 1.13. The van der Waals surface area contributed by atoms with E-state index in [0.29, 0.717) is 23.3 Å². The molecule has 0 saturated heterocycles. The van der Waals surface area contributed by atoms with Crippen molar-refractivity contribution in [2.75, 3.05) is 32.1 Å². The molecule has 0 fully saturated rings. The van der Waals surface area contributed by atoms with Crippen LogP contribution in [0, 0.1) is 0 Å². The first-order valence-corrected chi connectivity index (χ1v) is 6.46. The molecule has 1 aromatic rings. The first-order valence-electron chi connectivity index (χ1n) is 5.65. The summed E-state index contributed by atoms with van der Waals surface area (Å²) in [6, 6.07) is 0. The molecule has 0 aliphatic heterocycles. The first kappa shape index (κ1) is 13.9. The van der Waals surface area contributed by atoms with Crippen molar-refractivity contribution >= 4 is 22.4 Å². The largest absolute Gasteiger partial charge is 0.381 e. The van der Waals surface area contributed by atoms with Gasteiger partial charge in [0.05, 0.1) is 0 Å². The van der Waals surface area contributed by atoms with Crippen LogP contribution in [0.25, 0.3) is 0 Å². The van der Waals surface area contributed by atoms with Gasteiger partial charge in [-0.3, -0.25) is 4.79 Å². The SMILES string of the molecule is CCCOCCCNC(=O)c1nnc(NC)s1. The summed E-state index contributed by atoms with van der Waals surface area (Å²) in [5.41, 5.74) is 0. The Hall–Kier alpha value is -1.21. The fourth-order valence-corrected chi connectivity index (χ4v) is 1.73. The van der Waals surface area contributed by atoms with Gasteiger partial charge in [0.25, 0.3) is 5.91 Å². The normalized spacial score (nSPS) is 10.2. The smallest absolute Gasteiger partial charge is 0.282 e. The predicted molar refractivity (Wildman–Crippen MR) is 67.5 cm³/mol. The summed E-state index contributed by atoms with van der Waals surface area (Å²) in [5.74, 6) is -0.181. The van der Waals surface area contributed by atoms with Crippen molar-refractivity contribution in [3.8, 4) is 0 Å². The highest BCUT2D eigenvalue weighted by Crippen LogP contribution is 2.13. The number of carbonyl (C=O) groups excluding carboxylic acids is 1. The Morgan fingerprint density at radius 2 is 2.24 bits per heavy atom. The summed E-state index contributed by atoms with van der Waals surface area (Å²) in [4.78, 5) is 11.6. The van der Waals surface area contributed by atoms with Gasteiger partial charge in [-0.2, -0.15) is 0 Å². The number of carbonyl (C=O) groups is 1. The van der Waals surface area contributed by atoms with E-state index in [1.54, 1.807) is 7.05 Å². The summed E-state index contributed by atoms with van der Waals surface area (Å²) < 4.78 is 5.31. The van der Waals surface area contributed by atoms with Crippen LogP contribution in [-0.2, 0) is 4.74 Å². The van der Waals surface area contributed by atoms with Crippen LogP contribution in [0.2, 0.25) is 0 Å². The van der Waals surface area contributed by atoms with Crippen molar-refractivity contribution < 1.29 is 9.53 Å². The molecule has 0 atom stereocenters. The molecule has 0 aliphatic rings. The topological polar surface area (TPSA) is 76.1 Å². The van der Waals surface area contributed by atoms with Crippen LogP contribution in [0.4, 0.5) is 5.13 Å². The first-order chi connectivity index (χ1) is 8.27. The Bertz CT molecular complexity index is 343. The lowest BCUT2D eigenvalue weighted by Crippen LogP contribution is -2.25. The molecule has 1 amide bonds. The van der Waals surface area contributed by atoms with Gasteiger partial charge in [0, 0.05) is 26.8 Å². The Labute approximate surface area is 105 Å². The summed E-state index contributed by atoms with van der Waals surface area (Å²) >= 11 is 1.24. The van der Waals surface area contributed by atoms with Crippen molar-refractivity contribution in [1.29, 1.82) is 0 Å². The van der Waals surface area contributed by atoms with E-state index in [4.69, 9.17) is 4.74 Å². The lowest BCUT2D eigenvalue weighted by atomic mass is 10.4. The molecule has 0 radical (unpaired) electrons. The summed E-state index contributed by atoms with van der Waals surface area (Å²) in [7, 11) is 1.74. The molecule has 0 aliphatic carbocycles. The van der Waals surface area contributed by atoms with Crippen molar-refractivity contribution in [3.05, 3.63) is 5.01 Å². The van der Waals surface area contributed by atoms with Gasteiger partial charge >= 0.3 is 0 Å². The van der Waals surface area contributed by atoms with Crippen LogP contribution in [0.5, 0.6) is 0 Å². The maximum absolute atomic E-state index is 11.6. The molecule has 1 aromatic heterocycles. The van der Waals surface area contributed by atoms with Crippen LogP contribution in [0.3, 0.4) is 0 Å². The van der Waals surface area contributed by atoms with Gasteiger partial charge in [-0.1, -0.05) is 18.3 Å². The molecular weight excluding hydrogens is 240 g/mol. The Morgan fingerprint density at radius 1 is 1.41 bits per heavy atom. The van der Waals surface area contributed by atoms with Crippen LogP contribution < -0.4 is 10.6 Å². The number of nitrogens with zero attached hydrogens (tertiary/aromatic N) is 2. The average molecular weight is 258 g/mol. The Balaban J connectivity index is 2.16. The maximum Gasteiger partial charge on any atom is 0.282 e. The van der Waals surface area contributed by atoms with E-state index in [1.807, 2.05) is 0 Å². The van der Waals surface area contributed by atoms with Gasteiger partial charge in [0.1, 0.15) is 0 Å². The Kier molecular flexibility index (Phi) is 6.49. The van der Waals surface area contributed by atoms with Crippen LogP contribution in [0.15, 0.2) is 0 Å². The molecule has 0 bridgehead atoms. The lowest BCUT2D eigenvalue weighted by molar-refractivity contribution is 0.0940. The maximum atomic E-state index is 11.6. The van der Waals surface area contributed by atoms with Gasteiger partial charge < -0.3 is 15.4 Å². The van der Waals surface area contributed by atoms with Crippen molar-refractivity contribution in [1.82, 2.24) is 15.5 Å². The number of hydrogen-bond acceptors (Lipinski definition) is 6. The zero-order valence-corrected chi connectivity index (χ0v) is 11.0. The minimum Gasteiger partial charge on any atom is -0.381 e. The number of nitrogens with one attached hydrogen (secondary N) is 2. The molecule has 2 N–H and O–H groups in total. The summed E-state index contributed by atoms with van der Waals surface area (Å²) in [5, 5.41) is 14.2. The van der Waals surface area contributed by atoms with E-state index in [0.717, 1.165) is 19.4 Å². The zero-order valence-electron chi connectivity index (χ0n) is 10.2. The van der Waals surface area contributed by atoms with Gasteiger partial charge in [-0.25, -0.2) is 0 Å². The molecule has 7 heteroatoms. The number of anilines is 1. The fourth-order valence-electron chi connectivity index (χ4n) is 1.11. The standard InChI is InChI=1S/C10H18N4O2S/c1-3-6-16-7-4-5-12-8(15)9-13-14-10(11-2)17-9/h3-7H2,1-2H3,(H,11,14)(H,12,15).